The van der Waals surface area contributed by atoms with E-state index in [1.165, 1.54) is 0 Å². The van der Waals surface area contributed by atoms with E-state index in [2.05, 4.69) is 0 Å². The lowest BCUT2D eigenvalue weighted by atomic mass is 9.88. The van der Waals surface area contributed by atoms with Gasteiger partial charge in [0.2, 0.25) is 0 Å². The molecule has 0 aromatic heterocycles. The molecule has 2 aromatic carbocycles. The van der Waals surface area contributed by atoms with Crippen molar-refractivity contribution in [2.45, 2.75) is 32.2 Å². The first-order chi connectivity index (χ1) is 15.2. The standard InChI is InChI=1S/C24H27NO6S/c1-16(2)13-25(17-11-12-32(28,29)15-17)22(26)14-30-24(27)23-18-7-3-5-9-20(18)31-21-10-6-4-8-19(21)23/h3-10,16-17,23H,11-15H2,1-2H3/t17-/m0/s1. The number of sulfone groups is 1. The normalized spacial score (nSPS) is 19.0. The van der Waals surface area contributed by atoms with Crippen molar-refractivity contribution < 1.29 is 27.5 Å². The second-order valence-electron chi connectivity index (χ2n) is 8.72. The van der Waals surface area contributed by atoms with Gasteiger partial charge >= 0.3 is 5.97 Å². The summed E-state index contributed by atoms with van der Waals surface area (Å²) in [6, 6.07) is 14.2. The Kier molecular flexibility index (Phi) is 6.24. The minimum Gasteiger partial charge on any atom is -0.457 e. The lowest BCUT2D eigenvalue weighted by Crippen LogP contribution is -2.45. The summed E-state index contributed by atoms with van der Waals surface area (Å²) in [7, 11) is -3.14. The van der Waals surface area contributed by atoms with Gasteiger partial charge < -0.3 is 14.4 Å². The van der Waals surface area contributed by atoms with Crippen molar-refractivity contribution in [2.24, 2.45) is 5.92 Å². The number of hydrogen-bond acceptors (Lipinski definition) is 6. The van der Waals surface area contributed by atoms with Gasteiger partial charge in [-0.2, -0.15) is 0 Å². The van der Waals surface area contributed by atoms with Gasteiger partial charge in [0.15, 0.2) is 16.4 Å². The molecule has 8 heteroatoms. The first-order valence-corrected chi connectivity index (χ1v) is 12.6. The number of carbonyl (C=O) groups excluding carboxylic acids is 2. The van der Waals surface area contributed by atoms with Gasteiger partial charge in [-0.15, -0.1) is 0 Å². The Labute approximate surface area is 188 Å². The van der Waals surface area contributed by atoms with Crippen LogP contribution in [0.1, 0.15) is 37.3 Å². The van der Waals surface area contributed by atoms with Crippen molar-refractivity contribution in [3.63, 3.8) is 0 Å². The molecule has 0 N–H and O–H groups in total. The quantitative estimate of drug-likeness (QED) is 0.619. The smallest absolute Gasteiger partial charge is 0.318 e. The van der Waals surface area contributed by atoms with Crippen LogP contribution in [0.4, 0.5) is 0 Å². The fraction of sp³-hybridized carbons (Fsp3) is 0.417. The third kappa shape index (κ3) is 4.65. The topological polar surface area (TPSA) is 90.0 Å². The van der Waals surface area contributed by atoms with Gasteiger partial charge in [0.05, 0.1) is 11.5 Å². The number of para-hydroxylation sites is 2. The molecule has 2 aliphatic heterocycles. The highest BCUT2D eigenvalue weighted by atomic mass is 32.2. The molecule has 2 aliphatic rings. The van der Waals surface area contributed by atoms with Gasteiger partial charge in [-0.1, -0.05) is 50.2 Å². The minimum absolute atomic E-state index is 0.0415. The van der Waals surface area contributed by atoms with Gasteiger partial charge in [-0.25, -0.2) is 8.42 Å². The predicted molar refractivity (Wildman–Crippen MR) is 119 cm³/mol. The molecule has 7 nitrogen and oxygen atoms in total. The summed E-state index contributed by atoms with van der Waals surface area (Å²) in [6.45, 7) is 3.92. The van der Waals surface area contributed by atoms with Gasteiger partial charge in [0.25, 0.3) is 5.91 Å². The Hall–Kier alpha value is -2.87. The summed E-state index contributed by atoms with van der Waals surface area (Å²) < 4.78 is 35.3. The zero-order valence-corrected chi connectivity index (χ0v) is 19.0. The van der Waals surface area contributed by atoms with Crippen molar-refractivity contribution in [1.29, 1.82) is 0 Å². The predicted octanol–water partition coefficient (Wildman–Crippen LogP) is 3.14. The van der Waals surface area contributed by atoms with Gasteiger partial charge in [-0.3, -0.25) is 9.59 Å². The van der Waals surface area contributed by atoms with Gasteiger partial charge in [-0.05, 0) is 24.5 Å². The van der Waals surface area contributed by atoms with E-state index in [9.17, 15) is 18.0 Å². The maximum atomic E-state index is 13.2. The fourth-order valence-corrected chi connectivity index (χ4v) is 6.06. The molecule has 1 fully saturated rings. The minimum atomic E-state index is -3.14. The molecule has 1 amide bonds. The third-order valence-corrected chi connectivity index (χ3v) is 7.54. The summed E-state index contributed by atoms with van der Waals surface area (Å²) in [6.07, 6.45) is 0.412. The van der Waals surface area contributed by atoms with Crippen LogP contribution in [0.3, 0.4) is 0 Å². The van der Waals surface area contributed by atoms with E-state index in [1.54, 1.807) is 17.0 Å². The van der Waals surface area contributed by atoms with Crippen molar-refractivity contribution in [1.82, 2.24) is 4.90 Å². The number of carbonyl (C=O) groups is 2. The van der Waals surface area contributed by atoms with Crippen LogP contribution in [-0.4, -0.2) is 55.9 Å². The Morgan fingerprint density at radius 3 is 2.19 bits per heavy atom. The summed E-state index contributed by atoms with van der Waals surface area (Å²) >= 11 is 0. The molecule has 170 valence electrons. The van der Waals surface area contributed by atoms with Crippen molar-refractivity contribution in [3.8, 4) is 11.5 Å². The second-order valence-corrected chi connectivity index (χ2v) is 10.9. The number of rotatable bonds is 6. The van der Waals surface area contributed by atoms with Crippen LogP contribution in [0.15, 0.2) is 48.5 Å². The zero-order valence-electron chi connectivity index (χ0n) is 18.2. The maximum absolute atomic E-state index is 13.2. The van der Waals surface area contributed by atoms with Crippen LogP contribution in [0.5, 0.6) is 11.5 Å². The van der Waals surface area contributed by atoms with E-state index in [0.29, 0.717) is 35.6 Å². The SMILES string of the molecule is CC(C)CN(C(=O)COC(=O)C1c2ccccc2Oc2ccccc21)[C@H]1CCS(=O)(=O)C1. The fourth-order valence-electron chi connectivity index (χ4n) is 4.33. The molecule has 32 heavy (non-hydrogen) atoms. The summed E-state index contributed by atoms with van der Waals surface area (Å²) in [5.74, 6) is -0.252. The highest BCUT2D eigenvalue weighted by Gasteiger charge is 2.37. The number of hydrogen-bond donors (Lipinski definition) is 0. The van der Waals surface area contributed by atoms with Crippen LogP contribution in [-0.2, 0) is 24.2 Å². The Morgan fingerprint density at radius 1 is 1.06 bits per heavy atom. The molecular weight excluding hydrogens is 430 g/mol. The molecule has 1 atom stereocenters. The Balaban J connectivity index is 1.51. The van der Waals surface area contributed by atoms with Crippen molar-refractivity contribution >= 4 is 21.7 Å². The molecule has 0 aliphatic carbocycles. The average molecular weight is 458 g/mol. The van der Waals surface area contributed by atoms with Crippen LogP contribution in [0, 0.1) is 5.92 Å². The summed E-state index contributed by atoms with van der Waals surface area (Å²) in [4.78, 5) is 27.7. The van der Waals surface area contributed by atoms with Crippen LogP contribution in [0.2, 0.25) is 0 Å². The van der Waals surface area contributed by atoms with Crippen molar-refractivity contribution in [2.75, 3.05) is 24.7 Å². The Bertz CT molecular complexity index is 1080. The molecule has 0 saturated carbocycles. The molecule has 0 unspecified atom stereocenters. The second kappa shape index (κ2) is 8.94. The monoisotopic (exact) mass is 457 g/mol. The molecule has 0 radical (unpaired) electrons. The first-order valence-electron chi connectivity index (χ1n) is 10.8. The number of fused-ring (bicyclic) bond motifs is 2. The largest absolute Gasteiger partial charge is 0.457 e. The third-order valence-electron chi connectivity index (χ3n) is 5.78. The van der Waals surface area contributed by atoms with Crippen LogP contribution < -0.4 is 4.74 Å². The number of benzene rings is 2. The Morgan fingerprint density at radius 2 is 1.66 bits per heavy atom. The first kappa shape index (κ1) is 22.3. The zero-order chi connectivity index (χ0) is 22.9. The number of ether oxygens (including phenoxy) is 2. The summed E-state index contributed by atoms with van der Waals surface area (Å²) in [5, 5.41) is 0. The van der Waals surface area contributed by atoms with E-state index >= 15 is 0 Å². The van der Waals surface area contributed by atoms with E-state index in [4.69, 9.17) is 9.47 Å². The van der Waals surface area contributed by atoms with Crippen LogP contribution in [0.25, 0.3) is 0 Å². The van der Waals surface area contributed by atoms with Gasteiger partial charge in [0, 0.05) is 23.7 Å². The summed E-state index contributed by atoms with van der Waals surface area (Å²) in [5.41, 5.74) is 1.37. The molecule has 2 aromatic rings. The highest BCUT2D eigenvalue weighted by molar-refractivity contribution is 7.91. The number of esters is 1. The average Bonchev–Trinajstić information content (AvgIpc) is 3.13. The molecule has 4 rings (SSSR count). The van der Waals surface area contributed by atoms with E-state index < -0.39 is 28.3 Å². The number of nitrogens with zero attached hydrogens (tertiary/aromatic N) is 1. The van der Waals surface area contributed by atoms with Crippen LogP contribution >= 0.6 is 0 Å². The van der Waals surface area contributed by atoms with Crippen molar-refractivity contribution in [3.05, 3.63) is 59.7 Å². The molecule has 0 bridgehead atoms. The molecule has 0 spiro atoms. The molecule has 2 heterocycles. The maximum Gasteiger partial charge on any atom is 0.318 e. The lowest BCUT2D eigenvalue weighted by Gasteiger charge is -2.30. The molecule has 1 saturated heterocycles. The highest BCUT2D eigenvalue weighted by Crippen LogP contribution is 2.44. The lowest BCUT2D eigenvalue weighted by molar-refractivity contribution is -0.153. The molecular formula is C24H27NO6S. The van der Waals surface area contributed by atoms with E-state index in [1.807, 2.05) is 50.2 Å². The number of amides is 1. The van der Waals surface area contributed by atoms with Gasteiger partial charge in [0.1, 0.15) is 17.4 Å². The van der Waals surface area contributed by atoms with E-state index in [-0.39, 0.29) is 29.4 Å². The van der Waals surface area contributed by atoms with E-state index in [0.717, 1.165) is 0 Å².